The predicted octanol–water partition coefficient (Wildman–Crippen LogP) is 5.45. The van der Waals surface area contributed by atoms with Crippen molar-refractivity contribution >= 4 is 0 Å². The molecule has 0 saturated heterocycles. The molecule has 1 nitrogen and oxygen atoms in total. The van der Waals surface area contributed by atoms with Gasteiger partial charge in [-0.05, 0) is 55.5 Å². The summed E-state index contributed by atoms with van der Waals surface area (Å²) in [6.45, 7) is 12.9. The molecule has 1 rings (SSSR count). The first-order chi connectivity index (χ1) is 9.93. The van der Waals surface area contributed by atoms with Crippen molar-refractivity contribution in [3.8, 4) is 0 Å². The van der Waals surface area contributed by atoms with Crippen LogP contribution >= 0.6 is 0 Å². The summed E-state index contributed by atoms with van der Waals surface area (Å²) < 4.78 is 0. The summed E-state index contributed by atoms with van der Waals surface area (Å²) in [5.74, 6) is 0.753. The van der Waals surface area contributed by atoms with E-state index in [0.717, 1.165) is 12.5 Å². The summed E-state index contributed by atoms with van der Waals surface area (Å²) in [6, 6.07) is 11.5. The van der Waals surface area contributed by atoms with Crippen LogP contribution in [0.2, 0.25) is 0 Å². The highest BCUT2D eigenvalue weighted by Crippen LogP contribution is 2.30. The van der Waals surface area contributed by atoms with Gasteiger partial charge in [0, 0.05) is 6.04 Å². The normalized spacial score (nSPS) is 14.9. The smallest absolute Gasteiger partial charge is 0.00699 e. The summed E-state index contributed by atoms with van der Waals surface area (Å²) >= 11 is 0. The number of benzene rings is 1. The van der Waals surface area contributed by atoms with Gasteiger partial charge < -0.3 is 5.32 Å². The van der Waals surface area contributed by atoms with Crippen molar-refractivity contribution in [2.45, 2.75) is 72.8 Å². The van der Waals surface area contributed by atoms with E-state index in [0.29, 0.717) is 11.5 Å². The minimum Gasteiger partial charge on any atom is -0.314 e. The maximum atomic E-state index is 3.76. The SMILES string of the molecule is CCCNC(CCCc1ccccc1)CC(C)C(C)(C)C. The van der Waals surface area contributed by atoms with Crippen LogP contribution in [0.3, 0.4) is 0 Å². The van der Waals surface area contributed by atoms with E-state index in [2.05, 4.69) is 70.3 Å². The number of hydrogen-bond acceptors (Lipinski definition) is 1. The lowest BCUT2D eigenvalue weighted by molar-refractivity contribution is 0.218. The van der Waals surface area contributed by atoms with Gasteiger partial charge in [0.2, 0.25) is 0 Å². The van der Waals surface area contributed by atoms with Gasteiger partial charge in [-0.25, -0.2) is 0 Å². The minimum absolute atomic E-state index is 0.408. The standard InChI is InChI=1S/C20H35N/c1-6-15-21-19(16-17(2)20(3,4)5)14-10-13-18-11-8-7-9-12-18/h7-9,11-12,17,19,21H,6,10,13-16H2,1-5H3. The quantitative estimate of drug-likeness (QED) is 0.637. The molecular weight excluding hydrogens is 254 g/mol. The zero-order chi connectivity index (χ0) is 15.7. The summed E-state index contributed by atoms with van der Waals surface area (Å²) in [5, 5.41) is 3.76. The molecule has 0 heterocycles. The summed E-state index contributed by atoms with van der Waals surface area (Å²) in [7, 11) is 0. The highest BCUT2D eigenvalue weighted by atomic mass is 14.9. The Kier molecular flexibility index (Phi) is 8.03. The second-order valence-corrected chi connectivity index (χ2v) is 7.53. The topological polar surface area (TPSA) is 12.0 Å². The molecule has 2 atom stereocenters. The summed E-state index contributed by atoms with van der Waals surface area (Å²) in [4.78, 5) is 0. The Hall–Kier alpha value is -0.820. The molecule has 0 radical (unpaired) electrons. The largest absolute Gasteiger partial charge is 0.314 e. The van der Waals surface area contributed by atoms with Gasteiger partial charge in [-0.1, -0.05) is 65.0 Å². The van der Waals surface area contributed by atoms with Gasteiger partial charge in [0.05, 0.1) is 0 Å². The Morgan fingerprint density at radius 2 is 1.76 bits per heavy atom. The molecule has 0 saturated carbocycles. The second kappa shape index (κ2) is 9.25. The van der Waals surface area contributed by atoms with Crippen LogP contribution in [-0.4, -0.2) is 12.6 Å². The lowest BCUT2D eigenvalue weighted by atomic mass is 9.78. The number of nitrogens with one attached hydrogen (secondary N) is 1. The van der Waals surface area contributed by atoms with E-state index in [-0.39, 0.29) is 0 Å². The molecule has 21 heavy (non-hydrogen) atoms. The Morgan fingerprint density at radius 1 is 1.10 bits per heavy atom. The van der Waals surface area contributed by atoms with Crippen LogP contribution in [0.15, 0.2) is 30.3 Å². The lowest BCUT2D eigenvalue weighted by Gasteiger charge is -2.31. The van der Waals surface area contributed by atoms with Crippen LogP contribution in [-0.2, 0) is 6.42 Å². The molecule has 120 valence electrons. The van der Waals surface area contributed by atoms with Crippen molar-refractivity contribution in [1.82, 2.24) is 5.32 Å². The van der Waals surface area contributed by atoms with Crippen molar-refractivity contribution in [3.05, 3.63) is 35.9 Å². The Morgan fingerprint density at radius 3 is 2.33 bits per heavy atom. The van der Waals surface area contributed by atoms with Crippen molar-refractivity contribution in [2.75, 3.05) is 6.54 Å². The van der Waals surface area contributed by atoms with Gasteiger partial charge in [-0.2, -0.15) is 0 Å². The van der Waals surface area contributed by atoms with Gasteiger partial charge in [-0.15, -0.1) is 0 Å². The van der Waals surface area contributed by atoms with Crippen LogP contribution in [0, 0.1) is 11.3 Å². The summed E-state index contributed by atoms with van der Waals surface area (Å²) in [5.41, 5.74) is 1.88. The molecule has 0 aromatic heterocycles. The number of hydrogen-bond donors (Lipinski definition) is 1. The number of aryl methyl sites for hydroxylation is 1. The van der Waals surface area contributed by atoms with Gasteiger partial charge in [0.1, 0.15) is 0 Å². The van der Waals surface area contributed by atoms with Crippen LogP contribution in [0.4, 0.5) is 0 Å². The van der Waals surface area contributed by atoms with E-state index in [9.17, 15) is 0 Å². The molecule has 0 aliphatic rings. The van der Waals surface area contributed by atoms with Crippen LogP contribution in [0.5, 0.6) is 0 Å². The lowest BCUT2D eigenvalue weighted by Crippen LogP contribution is -2.34. The molecule has 1 heteroatoms. The highest BCUT2D eigenvalue weighted by molar-refractivity contribution is 5.14. The highest BCUT2D eigenvalue weighted by Gasteiger charge is 2.23. The minimum atomic E-state index is 0.408. The van der Waals surface area contributed by atoms with Crippen LogP contribution in [0.1, 0.15) is 65.9 Å². The van der Waals surface area contributed by atoms with Crippen LogP contribution in [0.25, 0.3) is 0 Å². The first-order valence-corrected chi connectivity index (χ1v) is 8.70. The molecule has 0 bridgehead atoms. The van der Waals surface area contributed by atoms with Crippen molar-refractivity contribution in [3.63, 3.8) is 0 Å². The number of rotatable bonds is 9. The van der Waals surface area contributed by atoms with E-state index < -0.39 is 0 Å². The molecular formula is C20H35N. The third-order valence-electron chi connectivity index (χ3n) is 4.66. The van der Waals surface area contributed by atoms with Crippen molar-refractivity contribution in [2.24, 2.45) is 11.3 Å². The maximum absolute atomic E-state index is 3.76. The fraction of sp³-hybridized carbons (Fsp3) is 0.700. The average Bonchev–Trinajstić information content (AvgIpc) is 2.44. The Bertz CT molecular complexity index is 363. The molecule has 2 unspecified atom stereocenters. The fourth-order valence-corrected chi connectivity index (χ4v) is 2.63. The van der Waals surface area contributed by atoms with E-state index >= 15 is 0 Å². The molecule has 1 N–H and O–H groups in total. The molecule has 0 aliphatic heterocycles. The van der Waals surface area contributed by atoms with Crippen molar-refractivity contribution in [1.29, 1.82) is 0 Å². The van der Waals surface area contributed by atoms with E-state index in [1.807, 2.05) is 0 Å². The van der Waals surface area contributed by atoms with Gasteiger partial charge >= 0.3 is 0 Å². The second-order valence-electron chi connectivity index (χ2n) is 7.53. The summed E-state index contributed by atoms with van der Waals surface area (Å²) in [6.07, 6.45) is 6.28. The van der Waals surface area contributed by atoms with Gasteiger partial charge in [-0.3, -0.25) is 0 Å². The van der Waals surface area contributed by atoms with E-state index in [4.69, 9.17) is 0 Å². The van der Waals surface area contributed by atoms with E-state index in [1.54, 1.807) is 0 Å². The maximum Gasteiger partial charge on any atom is 0.00699 e. The molecule has 1 aromatic rings. The average molecular weight is 290 g/mol. The molecule has 1 aromatic carbocycles. The molecule has 0 spiro atoms. The first kappa shape index (κ1) is 18.2. The Labute approximate surface area is 132 Å². The zero-order valence-corrected chi connectivity index (χ0v) is 14.8. The van der Waals surface area contributed by atoms with Crippen LogP contribution < -0.4 is 5.32 Å². The predicted molar refractivity (Wildman–Crippen MR) is 94.7 cm³/mol. The first-order valence-electron chi connectivity index (χ1n) is 8.70. The van der Waals surface area contributed by atoms with Gasteiger partial charge in [0.15, 0.2) is 0 Å². The monoisotopic (exact) mass is 289 g/mol. The van der Waals surface area contributed by atoms with Gasteiger partial charge in [0.25, 0.3) is 0 Å². The fourth-order valence-electron chi connectivity index (χ4n) is 2.63. The molecule has 0 amide bonds. The zero-order valence-electron chi connectivity index (χ0n) is 14.8. The van der Waals surface area contributed by atoms with E-state index in [1.165, 1.54) is 37.7 Å². The molecule has 0 aliphatic carbocycles. The third-order valence-corrected chi connectivity index (χ3v) is 4.66. The third kappa shape index (κ3) is 7.66. The Balaban J connectivity index is 2.42. The molecule has 0 fully saturated rings. The van der Waals surface area contributed by atoms with Crippen molar-refractivity contribution < 1.29 is 0 Å².